The second-order valence-corrected chi connectivity index (χ2v) is 3.91. The quantitative estimate of drug-likeness (QED) is 0.330. The predicted octanol–water partition coefficient (Wildman–Crippen LogP) is 3.60. The fourth-order valence-electron chi connectivity index (χ4n) is 1.83. The van der Waals surface area contributed by atoms with Crippen LogP contribution in [0.5, 0.6) is 5.75 Å². The summed E-state index contributed by atoms with van der Waals surface area (Å²) in [6.07, 6.45) is 2.25. The fourth-order valence-corrected chi connectivity index (χ4v) is 1.83. The summed E-state index contributed by atoms with van der Waals surface area (Å²) < 4.78 is 5.54. The largest absolute Gasteiger partial charge is 0.494 e. The van der Waals surface area contributed by atoms with Crippen molar-refractivity contribution >= 4 is 0 Å². The summed E-state index contributed by atoms with van der Waals surface area (Å²) in [7, 11) is 0. The zero-order valence-corrected chi connectivity index (χ0v) is 10.6. The molecule has 1 unspecified atom stereocenters. The molecule has 0 aromatic heterocycles. The number of unbranched alkanes of at least 4 members (excludes halogenated alkanes) is 1. The van der Waals surface area contributed by atoms with E-state index in [2.05, 4.69) is 10.0 Å². The smallest absolute Gasteiger partial charge is 0.122 e. The summed E-state index contributed by atoms with van der Waals surface area (Å²) in [6.45, 7) is 2.66. The molecule has 0 aliphatic carbocycles. The second-order valence-electron chi connectivity index (χ2n) is 3.91. The molecule has 0 heterocycles. The Morgan fingerprint density at radius 3 is 2.83 bits per heavy atom. The van der Waals surface area contributed by atoms with Gasteiger partial charge in [0.1, 0.15) is 5.75 Å². The van der Waals surface area contributed by atoms with Crippen LogP contribution >= 0.6 is 0 Å². The Kier molecular flexibility index (Phi) is 6.69. The highest BCUT2D eigenvalue weighted by Crippen LogP contribution is 2.31. The van der Waals surface area contributed by atoms with Gasteiger partial charge in [-0.1, -0.05) is 29.7 Å². The van der Waals surface area contributed by atoms with Crippen LogP contribution in [0.4, 0.5) is 0 Å². The lowest BCUT2D eigenvalue weighted by Gasteiger charge is -2.15. The lowest BCUT2D eigenvalue weighted by Crippen LogP contribution is -2.01. The Bertz CT molecular complexity index is 403. The van der Waals surface area contributed by atoms with Crippen LogP contribution in [-0.4, -0.2) is 18.3 Å². The van der Waals surface area contributed by atoms with Gasteiger partial charge in [-0.3, -0.25) is 0 Å². The summed E-state index contributed by atoms with van der Waals surface area (Å²) in [5.74, 6) is 0.765. The third-order valence-electron chi connectivity index (χ3n) is 2.65. The van der Waals surface area contributed by atoms with Crippen LogP contribution < -0.4 is 4.74 Å². The molecule has 1 atom stereocenters. The zero-order chi connectivity index (χ0) is 13.2. The van der Waals surface area contributed by atoms with Crippen molar-refractivity contribution in [1.82, 2.24) is 0 Å². The van der Waals surface area contributed by atoms with E-state index in [4.69, 9.17) is 15.4 Å². The molecule has 98 valence electrons. The first-order valence-corrected chi connectivity index (χ1v) is 6.20. The van der Waals surface area contributed by atoms with Gasteiger partial charge in [-0.2, -0.15) is 0 Å². The average molecular weight is 249 g/mol. The number of nitrogens with zero attached hydrogens (tertiary/aromatic N) is 3. The van der Waals surface area contributed by atoms with Crippen LogP contribution in [0.15, 0.2) is 29.4 Å². The minimum absolute atomic E-state index is 0.163. The Labute approximate surface area is 107 Å². The molecule has 1 aromatic carbocycles. The van der Waals surface area contributed by atoms with Crippen molar-refractivity contribution in [2.24, 2.45) is 5.11 Å². The zero-order valence-electron chi connectivity index (χ0n) is 10.6. The molecule has 0 saturated heterocycles. The van der Waals surface area contributed by atoms with Crippen LogP contribution in [0.25, 0.3) is 10.4 Å². The van der Waals surface area contributed by atoms with Gasteiger partial charge < -0.3 is 9.84 Å². The van der Waals surface area contributed by atoms with Crippen molar-refractivity contribution in [3.8, 4) is 5.75 Å². The number of aliphatic hydroxyl groups is 1. The summed E-state index contributed by atoms with van der Waals surface area (Å²) in [4.78, 5) is 2.90. The molecule has 0 amide bonds. The van der Waals surface area contributed by atoms with E-state index >= 15 is 0 Å². The van der Waals surface area contributed by atoms with Crippen LogP contribution in [0, 0.1) is 0 Å². The van der Waals surface area contributed by atoms with E-state index in [1.165, 1.54) is 0 Å². The number of para-hydroxylation sites is 1. The van der Waals surface area contributed by atoms with Gasteiger partial charge in [-0.25, -0.2) is 0 Å². The Hall–Kier alpha value is -1.71. The van der Waals surface area contributed by atoms with Gasteiger partial charge in [-0.05, 0) is 31.4 Å². The number of hydrogen-bond acceptors (Lipinski definition) is 3. The highest BCUT2D eigenvalue weighted by atomic mass is 16.5. The molecule has 0 spiro atoms. The summed E-state index contributed by atoms with van der Waals surface area (Å²) in [5, 5.41) is 12.6. The summed E-state index contributed by atoms with van der Waals surface area (Å²) in [5.41, 5.74) is 9.56. The molecular weight excluding hydrogens is 230 g/mol. The molecule has 0 aliphatic rings. The Morgan fingerprint density at radius 1 is 1.39 bits per heavy atom. The monoisotopic (exact) mass is 249 g/mol. The first kappa shape index (κ1) is 14.4. The molecular formula is C13H19N3O2. The molecule has 5 heteroatoms. The van der Waals surface area contributed by atoms with Crippen molar-refractivity contribution in [2.75, 3.05) is 13.2 Å². The van der Waals surface area contributed by atoms with Crippen LogP contribution in [0.1, 0.15) is 37.8 Å². The van der Waals surface area contributed by atoms with E-state index in [0.717, 1.165) is 17.7 Å². The molecule has 18 heavy (non-hydrogen) atoms. The van der Waals surface area contributed by atoms with E-state index < -0.39 is 0 Å². The van der Waals surface area contributed by atoms with Gasteiger partial charge in [0.25, 0.3) is 0 Å². The molecule has 1 aromatic rings. The van der Waals surface area contributed by atoms with E-state index in [-0.39, 0.29) is 12.6 Å². The molecule has 1 rings (SSSR count). The SMILES string of the molecule is CCOc1ccccc1C(CCCCO)N=[N+]=[N-]. The number of aliphatic hydroxyl groups excluding tert-OH is 1. The Morgan fingerprint density at radius 2 is 2.17 bits per heavy atom. The average Bonchev–Trinajstić information content (AvgIpc) is 2.39. The molecule has 0 saturated carbocycles. The number of ether oxygens (including phenoxy) is 1. The van der Waals surface area contributed by atoms with E-state index in [1.807, 2.05) is 31.2 Å². The summed E-state index contributed by atoms with van der Waals surface area (Å²) >= 11 is 0. The van der Waals surface area contributed by atoms with Crippen molar-refractivity contribution in [3.05, 3.63) is 40.3 Å². The van der Waals surface area contributed by atoms with E-state index in [0.29, 0.717) is 19.4 Å². The number of rotatable bonds is 8. The van der Waals surface area contributed by atoms with Crippen LogP contribution in [0.3, 0.4) is 0 Å². The molecule has 0 fully saturated rings. The molecule has 5 nitrogen and oxygen atoms in total. The second kappa shape index (κ2) is 8.39. The highest BCUT2D eigenvalue weighted by molar-refractivity contribution is 5.36. The lowest BCUT2D eigenvalue weighted by molar-refractivity contribution is 0.281. The van der Waals surface area contributed by atoms with Gasteiger partial charge >= 0.3 is 0 Å². The Balaban J connectivity index is 2.86. The van der Waals surface area contributed by atoms with E-state index in [9.17, 15) is 0 Å². The minimum atomic E-state index is -0.232. The molecule has 0 aliphatic heterocycles. The van der Waals surface area contributed by atoms with Gasteiger partial charge in [-0.15, -0.1) is 0 Å². The summed E-state index contributed by atoms with van der Waals surface area (Å²) in [6, 6.07) is 7.37. The maximum absolute atomic E-state index is 8.79. The third kappa shape index (κ3) is 4.28. The van der Waals surface area contributed by atoms with Gasteiger partial charge in [0.05, 0.1) is 12.6 Å². The van der Waals surface area contributed by atoms with Crippen LogP contribution in [0.2, 0.25) is 0 Å². The van der Waals surface area contributed by atoms with Crippen molar-refractivity contribution < 1.29 is 9.84 Å². The number of benzene rings is 1. The first-order valence-electron chi connectivity index (χ1n) is 6.20. The molecule has 1 N–H and O–H groups in total. The highest BCUT2D eigenvalue weighted by Gasteiger charge is 2.14. The van der Waals surface area contributed by atoms with Gasteiger partial charge in [0.2, 0.25) is 0 Å². The maximum atomic E-state index is 8.79. The topological polar surface area (TPSA) is 78.2 Å². The van der Waals surface area contributed by atoms with Crippen molar-refractivity contribution in [1.29, 1.82) is 0 Å². The minimum Gasteiger partial charge on any atom is -0.494 e. The van der Waals surface area contributed by atoms with Gasteiger partial charge in [0, 0.05) is 17.1 Å². The third-order valence-corrected chi connectivity index (χ3v) is 2.65. The van der Waals surface area contributed by atoms with Crippen molar-refractivity contribution in [3.63, 3.8) is 0 Å². The van der Waals surface area contributed by atoms with Crippen molar-refractivity contribution in [2.45, 2.75) is 32.2 Å². The molecule has 0 bridgehead atoms. The van der Waals surface area contributed by atoms with Gasteiger partial charge in [0.15, 0.2) is 0 Å². The molecule has 0 radical (unpaired) electrons. The van der Waals surface area contributed by atoms with Crippen LogP contribution in [-0.2, 0) is 0 Å². The standard InChI is InChI=1S/C13H19N3O2/c1-2-18-13-9-4-3-7-11(13)12(15-16-14)8-5-6-10-17/h3-4,7,9,12,17H,2,5-6,8,10H2,1H3. The number of hydrogen-bond donors (Lipinski definition) is 1. The predicted molar refractivity (Wildman–Crippen MR) is 70.4 cm³/mol. The maximum Gasteiger partial charge on any atom is 0.122 e. The van der Waals surface area contributed by atoms with E-state index in [1.54, 1.807) is 0 Å². The fraction of sp³-hybridized carbons (Fsp3) is 0.538. The number of azide groups is 1. The normalized spacial score (nSPS) is 11.7. The first-order chi connectivity index (χ1) is 8.83. The lowest BCUT2D eigenvalue weighted by atomic mass is 10.0.